The van der Waals surface area contributed by atoms with E-state index < -0.39 is 0 Å². The number of pyridine rings is 3. The van der Waals surface area contributed by atoms with Crippen molar-refractivity contribution in [1.29, 1.82) is 5.41 Å². The molecule has 1 fully saturated rings. The van der Waals surface area contributed by atoms with E-state index in [4.69, 9.17) is 11.1 Å². The molecule has 5 aromatic heterocycles. The summed E-state index contributed by atoms with van der Waals surface area (Å²) >= 11 is 1.62. The van der Waals surface area contributed by atoms with E-state index in [1.807, 2.05) is 35.7 Å². The van der Waals surface area contributed by atoms with Crippen LogP contribution in [0.4, 0.5) is 11.5 Å². The number of thiophene rings is 1. The van der Waals surface area contributed by atoms with Gasteiger partial charge in [-0.3, -0.25) is 20.2 Å². The van der Waals surface area contributed by atoms with E-state index in [1.165, 1.54) is 0 Å². The maximum absolute atomic E-state index is 12.6. The molecule has 1 saturated carbocycles. The zero-order valence-electron chi connectivity index (χ0n) is 20.0. The summed E-state index contributed by atoms with van der Waals surface area (Å²) in [4.78, 5) is 29.2. The fourth-order valence-corrected chi connectivity index (χ4v) is 5.54. The second-order valence-electron chi connectivity index (χ2n) is 9.28. The number of rotatable bonds is 6. The van der Waals surface area contributed by atoms with Gasteiger partial charge in [-0.05, 0) is 48.6 Å². The second-order valence-corrected chi connectivity index (χ2v) is 10.1. The van der Waals surface area contributed by atoms with Gasteiger partial charge in [0.15, 0.2) is 0 Å². The number of hydrogen-bond donors (Lipinski definition) is 4. The van der Waals surface area contributed by atoms with Gasteiger partial charge in [-0.25, -0.2) is 4.98 Å². The Bertz CT molecular complexity index is 1620. The van der Waals surface area contributed by atoms with Gasteiger partial charge in [0.05, 0.1) is 29.0 Å². The topological polar surface area (TPSA) is 133 Å². The summed E-state index contributed by atoms with van der Waals surface area (Å²) in [5, 5.41) is 17.0. The smallest absolute Gasteiger partial charge is 0.227 e. The summed E-state index contributed by atoms with van der Waals surface area (Å²) in [5.74, 6) is 0.382. The SMILES string of the molecule is N=C(c1cc2c(-c3ccsc3)nccc2[nH]1)c1cc(-c2cncc(NC(=O)C3CCCC3)c2)cnc1N. The van der Waals surface area contributed by atoms with Crippen molar-refractivity contribution in [2.75, 3.05) is 11.1 Å². The van der Waals surface area contributed by atoms with Crippen LogP contribution in [0, 0.1) is 11.3 Å². The Balaban J connectivity index is 1.31. The van der Waals surface area contributed by atoms with Gasteiger partial charge in [0.25, 0.3) is 0 Å². The highest BCUT2D eigenvalue weighted by Gasteiger charge is 2.23. The van der Waals surface area contributed by atoms with Gasteiger partial charge in [-0.1, -0.05) is 12.8 Å². The number of carbonyl (C=O) groups is 1. The van der Waals surface area contributed by atoms with Crippen LogP contribution < -0.4 is 11.1 Å². The minimum Gasteiger partial charge on any atom is -0.383 e. The lowest BCUT2D eigenvalue weighted by atomic mass is 10.0. The molecule has 37 heavy (non-hydrogen) atoms. The van der Waals surface area contributed by atoms with Crippen LogP contribution in [-0.4, -0.2) is 31.6 Å². The average Bonchev–Trinajstić information content (AvgIpc) is 3.70. The molecule has 1 aliphatic carbocycles. The molecule has 5 N–H and O–H groups in total. The molecule has 1 aliphatic rings. The van der Waals surface area contributed by atoms with Crippen LogP contribution in [0.5, 0.6) is 0 Å². The fourth-order valence-electron chi connectivity index (χ4n) is 4.89. The Morgan fingerprint density at radius 1 is 1.05 bits per heavy atom. The highest BCUT2D eigenvalue weighted by molar-refractivity contribution is 7.08. The third-order valence-corrected chi connectivity index (χ3v) is 7.55. The van der Waals surface area contributed by atoms with E-state index in [1.54, 1.807) is 36.1 Å². The Morgan fingerprint density at radius 3 is 2.70 bits per heavy atom. The molecule has 1 amide bonds. The third kappa shape index (κ3) is 4.49. The van der Waals surface area contributed by atoms with E-state index >= 15 is 0 Å². The average molecular weight is 508 g/mol. The number of amides is 1. The first-order chi connectivity index (χ1) is 18.1. The molecule has 0 bridgehead atoms. The van der Waals surface area contributed by atoms with E-state index in [2.05, 4.69) is 30.6 Å². The maximum atomic E-state index is 12.6. The predicted molar refractivity (Wildman–Crippen MR) is 148 cm³/mol. The van der Waals surface area contributed by atoms with Gasteiger partial charge >= 0.3 is 0 Å². The van der Waals surface area contributed by atoms with Crippen LogP contribution in [0.15, 0.2) is 65.9 Å². The number of carbonyl (C=O) groups excluding carboxylic acids is 1. The lowest BCUT2D eigenvalue weighted by Crippen LogP contribution is -2.20. The van der Waals surface area contributed by atoms with Gasteiger partial charge in [-0.15, -0.1) is 0 Å². The van der Waals surface area contributed by atoms with Crippen LogP contribution in [0.3, 0.4) is 0 Å². The van der Waals surface area contributed by atoms with E-state index in [9.17, 15) is 4.79 Å². The minimum atomic E-state index is 0.0458. The van der Waals surface area contributed by atoms with Gasteiger partial charge in [-0.2, -0.15) is 11.3 Å². The van der Waals surface area contributed by atoms with Crippen molar-refractivity contribution in [3.8, 4) is 22.4 Å². The Labute approximate surface area is 217 Å². The van der Waals surface area contributed by atoms with Crippen molar-refractivity contribution < 1.29 is 4.79 Å². The number of H-pyrrole nitrogens is 1. The molecule has 8 nitrogen and oxygen atoms in total. The van der Waals surface area contributed by atoms with Gasteiger partial charge in [0, 0.05) is 63.0 Å². The number of anilines is 2. The number of nitrogens with zero attached hydrogens (tertiary/aromatic N) is 3. The summed E-state index contributed by atoms with van der Waals surface area (Å²) < 4.78 is 0. The van der Waals surface area contributed by atoms with Crippen molar-refractivity contribution in [3.05, 3.63) is 77.1 Å². The van der Waals surface area contributed by atoms with E-state index in [-0.39, 0.29) is 23.4 Å². The first kappa shape index (κ1) is 23.1. The summed E-state index contributed by atoms with van der Waals surface area (Å²) in [6.07, 6.45) is 10.9. The summed E-state index contributed by atoms with van der Waals surface area (Å²) in [6.45, 7) is 0. The molecular weight excluding hydrogens is 482 g/mol. The molecular formula is C28H25N7OS. The molecule has 5 aromatic rings. The molecule has 0 aliphatic heterocycles. The predicted octanol–water partition coefficient (Wildman–Crippen LogP) is 5.88. The molecule has 0 saturated heterocycles. The standard InChI is InChI=1S/C28H25N7OS/c29-25(24-11-21-23(35-24)5-7-32-26(21)17-6-8-37-15-17)22-10-19(13-33-27(22)30)18-9-20(14-31-12-18)34-28(36)16-3-1-2-4-16/h5-16,29,35H,1-4H2,(H2,30,33)(H,34,36). The lowest BCUT2D eigenvalue weighted by Gasteiger charge is -2.12. The molecule has 0 radical (unpaired) electrons. The first-order valence-corrected chi connectivity index (χ1v) is 13.1. The molecule has 0 spiro atoms. The highest BCUT2D eigenvalue weighted by Crippen LogP contribution is 2.31. The monoisotopic (exact) mass is 507 g/mol. The van der Waals surface area contributed by atoms with Crippen LogP contribution in [-0.2, 0) is 4.79 Å². The third-order valence-electron chi connectivity index (χ3n) is 6.87. The maximum Gasteiger partial charge on any atom is 0.227 e. The number of fused-ring (bicyclic) bond motifs is 1. The van der Waals surface area contributed by atoms with Gasteiger partial charge in [0.2, 0.25) is 5.91 Å². The molecule has 184 valence electrons. The summed E-state index contributed by atoms with van der Waals surface area (Å²) in [5.41, 5.74) is 12.6. The van der Waals surface area contributed by atoms with Crippen molar-refractivity contribution in [1.82, 2.24) is 19.9 Å². The largest absolute Gasteiger partial charge is 0.383 e. The van der Waals surface area contributed by atoms with E-state index in [0.29, 0.717) is 16.9 Å². The van der Waals surface area contributed by atoms with Crippen molar-refractivity contribution >= 4 is 45.4 Å². The quantitative estimate of drug-likeness (QED) is 0.213. The summed E-state index contributed by atoms with van der Waals surface area (Å²) in [6, 6.07) is 9.59. The summed E-state index contributed by atoms with van der Waals surface area (Å²) in [7, 11) is 0. The van der Waals surface area contributed by atoms with E-state index in [0.717, 1.165) is 59.0 Å². The Kier molecular flexibility index (Phi) is 5.97. The molecule has 0 aromatic carbocycles. The van der Waals surface area contributed by atoms with Gasteiger partial charge < -0.3 is 16.0 Å². The van der Waals surface area contributed by atoms with Crippen molar-refractivity contribution in [2.24, 2.45) is 5.92 Å². The van der Waals surface area contributed by atoms with Crippen molar-refractivity contribution in [3.63, 3.8) is 0 Å². The second kappa shape index (κ2) is 9.59. The number of nitrogen functional groups attached to an aromatic ring is 1. The number of aromatic amines is 1. The van der Waals surface area contributed by atoms with Crippen LogP contribution in [0.1, 0.15) is 36.9 Å². The first-order valence-electron chi connectivity index (χ1n) is 12.2. The molecule has 9 heteroatoms. The number of hydrogen-bond acceptors (Lipinski definition) is 7. The van der Waals surface area contributed by atoms with Crippen LogP contribution >= 0.6 is 11.3 Å². The fraction of sp³-hybridized carbons (Fsp3) is 0.179. The highest BCUT2D eigenvalue weighted by atomic mass is 32.1. The Morgan fingerprint density at radius 2 is 1.89 bits per heavy atom. The molecule has 0 atom stereocenters. The molecule has 0 unspecified atom stereocenters. The molecule has 6 rings (SSSR count). The number of aromatic nitrogens is 4. The zero-order valence-corrected chi connectivity index (χ0v) is 20.8. The normalized spacial score (nSPS) is 13.7. The molecule has 5 heterocycles. The minimum absolute atomic E-state index is 0.0458. The van der Waals surface area contributed by atoms with Crippen molar-refractivity contribution in [2.45, 2.75) is 25.7 Å². The number of nitrogens with two attached hydrogens (primary N) is 1. The van der Waals surface area contributed by atoms with Crippen LogP contribution in [0.2, 0.25) is 0 Å². The number of nitrogens with one attached hydrogen (secondary N) is 3. The van der Waals surface area contributed by atoms with Crippen LogP contribution in [0.25, 0.3) is 33.3 Å². The van der Waals surface area contributed by atoms with Gasteiger partial charge in [0.1, 0.15) is 5.82 Å². The lowest BCUT2D eigenvalue weighted by molar-refractivity contribution is -0.119. The Hall–Kier alpha value is -4.37. The zero-order chi connectivity index (χ0) is 25.4.